The summed E-state index contributed by atoms with van der Waals surface area (Å²) >= 11 is 0. The SMILES string of the molecule is N#Cc1ccc(-c2ccc(CCN)cc2)c(Cn2cnc(-n3cnnn3)c2)c1. The summed E-state index contributed by atoms with van der Waals surface area (Å²) in [5.41, 5.74) is 10.7. The molecule has 0 saturated carbocycles. The number of aromatic nitrogens is 6. The summed E-state index contributed by atoms with van der Waals surface area (Å²) in [6.45, 7) is 1.20. The Morgan fingerprint density at radius 1 is 1.07 bits per heavy atom. The van der Waals surface area contributed by atoms with Gasteiger partial charge in [0.2, 0.25) is 0 Å². The molecule has 0 aliphatic carbocycles. The first-order valence-corrected chi connectivity index (χ1v) is 8.84. The van der Waals surface area contributed by atoms with Crippen molar-refractivity contribution in [1.82, 2.24) is 29.8 Å². The molecule has 28 heavy (non-hydrogen) atoms. The number of nitrogens with two attached hydrogens (primary N) is 1. The van der Waals surface area contributed by atoms with E-state index in [4.69, 9.17) is 5.73 Å². The topological polar surface area (TPSA) is 111 Å². The van der Waals surface area contributed by atoms with E-state index < -0.39 is 0 Å². The summed E-state index contributed by atoms with van der Waals surface area (Å²) in [4.78, 5) is 4.34. The average Bonchev–Trinajstić information content (AvgIpc) is 3.41. The molecule has 0 aliphatic heterocycles. The lowest BCUT2D eigenvalue weighted by Crippen LogP contribution is -2.02. The summed E-state index contributed by atoms with van der Waals surface area (Å²) in [6, 6.07) is 16.3. The van der Waals surface area contributed by atoms with E-state index in [1.54, 1.807) is 6.33 Å². The van der Waals surface area contributed by atoms with Crippen LogP contribution in [0.25, 0.3) is 16.9 Å². The van der Waals surface area contributed by atoms with E-state index in [1.807, 2.05) is 29.0 Å². The number of nitrogens with zero attached hydrogens (tertiary/aromatic N) is 7. The molecule has 0 amide bonds. The molecule has 2 aromatic carbocycles. The minimum atomic E-state index is 0.574. The van der Waals surface area contributed by atoms with Crippen LogP contribution in [0.5, 0.6) is 0 Å². The van der Waals surface area contributed by atoms with Gasteiger partial charge in [0.05, 0.1) is 24.2 Å². The van der Waals surface area contributed by atoms with Crippen molar-refractivity contribution >= 4 is 0 Å². The number of hydrogen-bond acceptors (Lipinski definition) is 6. The van der Waals surface area contributed by atoms with Crippen LogP contribution in [0.2, 0.25) is 0 Å². The summed E-state index contributed by atoms with van der Waals surface area (Å²) in [7, 11) is 0. The Bertz CT molecular complexity index is 1100. The second-order valence-corrected chi connectivity index (χ2v) is 6.38. The number of rotatable bonds is 6. The highest BCUT2D eigenvalue weighted by molar-refractivity contribution is 5.68. The molecule has 4 rings (SSSR count). The van der Waals surface area contributed by atoms with Gasteiger partial charge < -0.3 is 10.3 Å². The van der Waals surface area contributed by atoms with Crippen LogP contribution in [-0.2, 0) is 13.0 Å². The zero-order valence-corrected chi connectivity index (χ0v) is 15.1. The highest BCUT2D eigenvalue weighted by Gasteiger charge is 2.10. The van der Waals surface area contributed by atoms with Crippen molar-refractivity contribution in [2.45, 2.75) is 13.0 Å². The van der Waals surface area contributed by atoms with Gasteiger partial charge >= 0.3 is 0 Å². The maximum Gasteiger partial charge on any atom is 0.174 e. The Morgan fingerprint density at radius 2 is 1.93 bits per heavy atom. The van der Waals surface area contributed by atoms with E-state index in [9.17, 15) is 5.26 Å². The fraction of sp³-hybridized carbons (Fsp3) is 0.150. The van der Waals surface area contributed by atoms with Crippen LogP contribution in [0.15, 0.2) is 61.3 Å². The Labute approximate surface area is 161 Å². The number of tetrazole rings is 1. The van der Waals surface area contributed by atoms with Crippen LogP contribution in [0.3, 0.4) is 0 Å². The van der Waals surface area contributed by atoms with E-state index >= 15 is 0 Å². The molecule has 0 unspecified atom stereocenters. The summed E-state index contributed by atoms with van der Waals surface area (Å²) in [6.07, 6.45) is 5.94. The van der Waals surface area contributed by atoms with Crippen molar-refractivity contribution in [3.63, 3.8) is 0 Å². The lowest BCUT2D eigenvalue weighted by atomic mass is 9.96. The third-order valence-electron chi connectivity index (χ3n) is 4.49. The maximum atomic E-state index is 9.31. The second-order valence-electron chi connectivity index (χ2n) is 6.38. The molecule has 2 heterocycles. The molecular weight excluding hydrogens is 352 g/mol. The van der Waals surface area contributed by atoms with Gasteiger partial charge in [-0.05, 0) is 57.8 Å². The summed E-state index contributed by atoms with van der Waals surface area (Å²) in [5, 5.41) is 20.4. The lowest BCUT2D eigenvalue weighted by Gasteiger charge is -2.12. The van der Waals surface area contributed by atoms with E-state index in [0.29, 0.717) is 24.5 Å². The zero-order chi connectivity index (χ0) is 19.3. The van der Waals surface area contributed by atoms with Crippen molar-refractivity contribution in [1.29, 1.82) is 5.26 Å². The van der Waals surface area contributed by atoms with E-state index in [1.165, 1.54) is 16.6 Å². The van der Waals surface area contributed by atoms with Crippen molar-refractivity contribution in [3.05, 3.63) is 78.0 Å². The Hall–Kier alpha value is -3.83. The first kappa shape index (κ1) is 17.6. The van der Waals surface area contributed by atoms with Gasteiger partial charge in [-0.25, -0.2) is 4.98 Å². The van der Waals surface area contributed by atoms with Crippen molar-refractivity contribution in [2.75, 3.05) is 6.54 Å². The van der Waals surface area contributed by atoms with Crippen LogP contribution >= 0.6 is 0 Å². The van der Waals surface area contributed by atoms with Gasteiger partial charge in [0.1, 0.15) is 6.33 Å². The highest BCUT2D eigenvalue weighted by Crippen LogP contribution is 2.26. The fourth-order valence-electron chi connectivity index (χ4n) is 3.11. The van der Waals surface area contributed by atoms with Gasteiger partial charge in [-0.3, -0.25) is 0 Å². The Balaban J connectivity index is 1.67. The molecular formula is C20H18N8. The molecule has 0 bridgehead atoms. The monoisotopic (exact) mass is 370 g/mol. The lowest BCUT2D eigenvalue weighted by molar-refractivity contribution is 0.769. The minimum absolute atomic E-state index is 0.574. The van der Waals surface area contributed by atoms with Gasteiger partial charge in [0, 0.05) is 6.54 Å². The molecule has 0 atom stereocenters. The number of hydrogen-bond donors (Lipinski definition) is 1. The average molecular weight is 370 g/mol. The largest absolute Gasteiger partial charge is 0.331 e. The third kappa shape index (κ3) is 3.65. The Morgan fingerprint density at radius 3 is 2.64 bits per heavy atom. The van der Waals surface area contributed by atoms with Gasteiger partial charge in [-0.1, -0.05) is 30.3 Å². The predicted molar refractivity (Wildman–Crippen MR) is 103 cm³/mol. The van der Waals surface area contributed by atoms with Crippen LogP contribution in [0.1, 0.15) is 16.7 Å². The van der Waals surface area contributed by atoms with Crippen LogP contribution in [0, 0.1) is 11.3 Å². The van der Waals surface area contributed by atoms with Crippen molar-refractivity contribution in [2.24, 2.45) is 5.73 Å². The van der Waals surface area contributed by atoms with Crippen LogP contribution < -0.4 is 5.73 Å². The number of nitriles is 1. The molecule has 2 aromatic heterocycles. The number of imidazole rings is 1. The van der Waals surface area contributed by atoms with Gasteiger partial charge in [0.15, 0.2) is 5.82 Å². The normalized spacial score (nSPS) is 10.7. The smallest absolute Gasteiger partial charge is 0.174 e. The Kier molecular flexibility index (Phi) is 4.91. The molecule has 0 radical (unpaired) electrons. The molecule has 8 nitrogen and oxygen atoms in total. The molecule has 0 saturated heterocycles. The van der Waals surface area contributed by atoms with E-state index in [0.717, 1.165) is 23.1 Å². The third-order valence-corrected chi connectivity index (χ3v) is 4.49. The van der Waals surface area contributed by atoms with Crippen molar-refractivity contribution in [3.8, 4) is 23.0 Å². The predicted octanol–water partition coefficient (Wildman–Crippen LogP) is 1.95. The van der Waals surface area contributed by atoms with E-state index in [2.05, 4.69) is 50.8 Å². The van der Waals surface area contributed by atoms with Gasteiger partial charge in [0.25, 0.3) is 0 Å². The van der Waals surface area contributed by atoms with Crippen molar-refractivity contribution < 1.29 is 0 Å². The molecule has 2 N–H and O–H groups in total. The summed E-state index contributed by atoms with van der Waals surface area (Å²) in [5.74, 6) is 0.633. The standard InChI is InChI=1S/C20H18N8/c21-8-7-15-1-4-17(5-2-15)19-6-3-16(10-22)9-18(19)11-27-12-20(23-13-27)28-14-24-25-26-28/h1-6,9,12-14H,7-8,11,21H2. The summed E-state index contributed by atoms with van der Waals surface area (Å²) < 4.78 is 3.44. The number of benzene rings is 2. The van der Waals surface area contributed by atoms with Gasteiger partial charge in [-0.15, -0.1) is 5.10 Å². The molecule has 4 aromatic rings. The quantitative estimate of drug-likeness (QED) is 0.555. The molecule has 0 aliphatic rings. The molecule has 138 valence electrons. The van der Waals surface area contributed by atoms with Gasteiger partial charge in [-0.2, -0.15) is 9.94 Å². The minimum Gasteiger partial charge on any atom is -0.331 e. The van der Waals surface area contributed by atoms with Crippen LogP contribution in [0.4, 0.5) is 0 Å². The zero-order valence-electron chi connectivity index (χ0n) is 15.1. The van der Waals surface area contributed by atoms with E-state index in [-0.39, 0.29) is 0 Å². The molecule has 0 spiro atoms. The fourth-order valence-corrected chi connectivity index (χ4v) is 3.11. The highest BCUT2D eigenvalue weighted by atomic mass is 15.5. The molecule has 8 heteroatoms. The first-order chi connectivity index (χ1) is 13.8. The second kappa shape index (κ2) is 7.82. The first-order valence-electron chi connectivity index (χ1n) is 8.84. The van der Waals surface area contributed by atoms with Crippen LogP contribution in [-0.4, -0.2) is 36.3 Å². The molecule has 0 fully saturated rings. The maximum absolute atomic E-state index is 9.31.